The van der Waals surface area contributed by atoms with Gasteiger partial charge < -0.3 is 4.42 Å². The molecular weight excluding hydrogens is 332 g/mol. The van der Waals surface area contributed by atoms with Crippen molar-refractivity contribution in [3.05, 3.63) is 90.6 Å². The van der Waals surface area contributed by atoms with E-state index in [0.717, 1.165) is 44.3 Å². The second kappa shape index (κ2) is 6.12. The SMILES string of the molecule is N#Cc1ccnc(-c2ccc(-c3ccc4c(c3)oc3ccccc34)cc2)c1. The van der Waals surface area contributed by atoms with Crippen LogP contribution in [0.5, 0.6) is 0 Å². The molecule has 0 aliphatic heterocycles. The number of aromatic nitrogens is 1. The lowest BCUT2D eigenvalue weighted by atomic mass is 10.0. The number of benzene rings is 3. The molecule has 0 unspecified atom stereocenters. The number of fused-ring (bicyclic) bond motifs is 3. The van der Waals surface area contributed by atoms with E-state index in [2.05, 4.69) is 47.5 Å². The summed E-state index contributed by atoms with van der Waals surface area (Å²) in [5, 5.41) is 11.3. The van der Waals surface area contributed by atoms with Crippen LogP contribution in [-0.2, 0) is 0 Å². The van der Waals surface area contributed by atoms with Crippen molar-refractivity contribution in [3.8, 4) is 28.5 Å². The smallest absolute Gasteiger partial charge is 0.136 e. The fourth-order valence-electron chi connectivity index (χ4n) is 3.40. The van der Waals surface area contributed by atoms with Crippen molar-refractivity contribution in [2.24, 2.45) is 0 Å². The van der Waals surface area contributed by atoms with Gasteiger partial charge in [0, 0.05) is 22.5 Å². The number of nitriles is 1. The minimum absolute atomic E-state index is 0.611. The van der Waals surface area contributed by atoms with E-state index in [-0.39, 0.29) is 0 Å². The van der Waals surface area contributed by atoms with Gasteiger partial charge in [0.2, 0.25) is 0 Å². The van der Waals surface area contributed by atoms with Gasteiger partial charge in [0.15, 0.2) is 0 Å². The summed E-state index contributed by atoms with van der Waals surface area (Å²) >= 11 is 0. The molecule has 0 aliphatic rings. The molecule has 5 rings (SSSR count). The van der Waals surface area contributed by atoms with Gasteiger partial charge in [0.1, 0.15) is 11.2 Å². The maximum absolute atomic E-state index is 9.05. The van der Waals surface area contributed by atoms with E-state index < -0.39 is 0 Å². The van der Waals surface area contributed by atoms with Crippen LogP contribution in [0.1, 0.15) is 5.56 Å². The van der Waals surface area contributed by atoms with Crippen LogP contribution in [0.3, 0.4) is 0 Å². The highest BCUT2D eigenvalue weighted by molar-refractivity contribution is 6.05. The molecule has 0 aliphatic carbocycles. The van der Waals surface area contributed by atoms with Crippen molar-refractivity contribution in [2.75, 3.05) is 0 Å². The first-order chi connectivity index (χ1) is 13.3. The number of nitrogens with zero attached hydrogens (tertiary/aromatic N) is 2. The van der Waals surface area contributed by atoms with Crippen LogP contribution in [0.4, 0.5) is 0 Å². The zero-order chi connectivity index (χ0) is 18.2. The molecule has 2 heterocycles. The van der Waals surface area contributed by atoms with Crippen molar-refractivity contribution in [1.82, 2.24) is 4.98 Å². The van der Waals surface area contributed by atoms with E-state index in [1.165, 1.54) is 0 Å². The molecule has 0 saturated carbocycles. The summed E-state index contributed by atoms with van der Waals surface area (Å²) in [6.07, 6.45) is 1.66. The molecule has 126 valence electrons. The Kier molecular flexibility index (Phi) is 3.48. The van der Waals surface area contributed by atoms with Gasteiger partial charge in [0.05, 0.1) is 17.3 Å². The Morgan fingerprint density at radius 1 is 0.704 bits per heavy atom. The molecule has 0 spiro atoms. The maximum Gasteiger partial charge on any atom is 0.136 e. The van der Waals surface area contributed by atoms with Crippen molar-refractivity contribution in [1.29, 1.82) is 5.26 Å². The number of furan rings is 1. The normalized spacial score (nSPS) is 10.9. The summed E-state index contributed by atoms with van der Waals surface area (Å²) in [6.45, 7) is 0. The predicted molar refractivity (Wildman–Crippen MR) is 107 cm³/mol. The highest BCUT2D eigenvalue weighted by Crippen LogP contribution is 2.32. The highest BCUT2D eigenvalue weighted by Gasteiger charge is 2.08. The summed E-state index contributed by atoms with van der Waals surface area (Å²) in [5.74, 6) is 0. The molecular formula is C24H14N2O. The summed E-state index contributed by atoms with van der Waals surface area (Å²) in [5.41, 5.74) is 6.41. The first kappa shape index (κ1) is 15.4. The van der Waals surface area contributed by atoms with Gasteiger partial charge in [-0.15, -0.1) is 0 Å². The lowest BCUT2D eigenvalue weighted by Gasteiger charge is -2.05. The van der Waals surface area contributed by atoms with Gasteiger partial charge in [-0.05, 0) is 41.5 Å². The number of rotatable bonds is 2. The van der Waals surface area contributed by atoms with Crippen LogP contribution in [0.15, 0.2) is 89.5 Å². The third-order valence-corrected chi connectivity index (χ3v) is 4.78. The molecule has 0 atom stereocenters. The van der Waals surface area contributed by atoms with Crippen molar-refractivity contribution in [3.63, 3.8) is 0 Å². The minimum atomic E-state index is 0.611. The number of pyridine rings is 1. The summed E-state index contributed by atoms with van der Waals surface area (Å²) in [6, 6.07) is 28.3. The third-order valence-electron chi connectivity index (χ3n) is 4.78. The lowest BCUT2D eigenvalue weighted by Crippen LogP contribution is -1.85. The van der Waals surface area contributed by atoms with Crippen LogP contribution in [-0.4, -0.2) is 4.98 Å². The lowest BCUT2D eigenvalue weighted by molar-refractivity contribution is 0.669. The quantitative estimate of drug-likeness (QED) is 0.383. The van der Waals surface area contributed by atoms with E-state index >= 15 is 0 Å². The Morgan fingerprint density at radius 3 is 2.30 bits per heavy atom. The average Bonchev–Trinajstić information content (AvgIpc) is 3.12. The zero-order valence-electron chi connectivity index (χ0n) is 14.4. The van der Waals surface area contributed by atoms with E-state index in [0.29, 0.717) is 5.56 Å². The molecule has 2 aromatic heterocycles. The van der Waals surface area contributed by atoms with E-state index in [1.54, 1.807) is 18.3 Å². The molecule has 0 radical (unpaired) electrons. The van der Waals surface area contributed by atoms with Crippen LogP contribution >= 0.6 is 0 Å². The van der Waals surface area contributed by atoms with Gasteiger partial charge in [-0.1, -0.05) is 48.5 Å². The van der Waals surface area contributed by atoms with Crippen molar-refractivity contribution in [2.45, 2.75) is 0 Å². The van der Waals surface area contributed by atoms with E-state index in [9.17, 15) is 0 Å². The minimum Gasteiger partial charge on any atom is -0.456 e. The Bertz CT molecular complexity index is 1320. The van der Waals surface area contributed by atoms with Crippen molar-refractivity contribution < 1.29 is 4.42 Å². The Balaban J connectivity index is 1.54. The summed E-state index contributed by atoms with van der Waals surface area (Å²) in [7, 11) is 0. The van der Waals surface area contributed by atoms with E-state index in [1.807, 2.05) is 30.3 Å². The fraction of sp³-hybridized carbons (Fsp3) is 0. The first-order valence-electron chi connectivity index (χ1n) is 8.70. The molecule has 3 nitrogen and oxygen atoms in total. The van der Waals surface area contributed by atoms with Crippen LogP contribution in [0.2, 0.25) is 0 Å². The molecule has 3 heteroatoms. The first-order valence-corrected chi connectivity index (χ1v) is 8.70. The van der Waals surface area contributed by atoms with Crippen LogP contribution < -0.4 is 0 Å². The topological polar surface area (TPSA) is 49.8 Å². The van der Waals surface area contributed by atoms with Gasteiger partial charge in [-0.25, -0.2) is 0 Å². The number of hydrogen-bond donors (Lipinski definition) is 0. The number of hydrogen-bond acceptors (Lipinski definition) is 3. The largest absolute Gasteiger partial charge is 0.456 e. The van der Waals surface area contributed by atoms with Gasteiger partial charge in [0.25, 0.3) is 0 Å². The maximum atomic E-state index is 9.05. The predicted octanol–water partition coefficient (Wildman–Crippen LogP) is 6.19. The van der Waals surface area contributed by atoms with Crippen LogP contribution in [0, 0.1) is 11.3 Å². The third kappa shape index (κ3) is 2.65. The highest BCUT2D eigenvalue weighted by atomic mass is 16.3. The Hall–Kier alpha value is -3.90. The molecule has 27 heavy (non-hydrogen) atoms. The molecule has 0 saturated heterocycles. The standard InChI is InChI=1S/C24H14N2O/c25-15-16-11-12-26-22(13-16)18-7-5-17(6-8-18)19-9-10-21-20-3-1-2-4-23(20)27-24(21)14-19/h1-14H. The molecule has 5 aromatic rings. The monoisotopic (exact) mass is 346 g/mol. The average molecular weight is 346 g/mol. The second-order valence-corrected chi connectivity index (χ2v) is 6.43. The fourth-order valence-corrected chi connectivity index (χ4v) is 3.40. The number of para-hydroxylation sites is 1. The summed E-state index contributed by atoms with van der Waals surface area (Å²) in [4.78, 5) is 4.36. The van der Waals surface area contributed by atoms with Crippen LogP contribution in [0.25, 0.3) is 44.3 Å². The Morgan fingerprint density at radius 2 is 1.44 bits per heavy atom. The van der Waals surface area contributed by atoms with Crippen molar-refractivity contribution >= 4 is 21.9 Å². The molecule has 0 amide bonds. The molecule has 0 bridgehead atoms. The summed E-state index contributed by atoms with van der Waals surface area (Å²) < 4.78 is 5.99. The van der Waals surface area contributed by atoms with E-state index in [4.69, 9.17) is 9.68 Å². The molecule has 0 fully saturated rings. The Labute approximate surface area is 156 Å². The van der Waals surface area contributed by atoms with Gasteiger partial charge in [-0.3, -0.25) is 4.98 Å². The van der Waals surface area contributed by atoms with Gasteiger partial charge in [-0.2, -0.15) is 5.26 Å². The molecule has 0 N–H and O–H groups in total. The second-order valence-electron chi connectivity index (χ2n) is 6.43. The van der Waals surface area contributed by atoms with Gasteiger partial charge >= 0.3 is 0 Å². The zero-order valence-corrected chi connectivity index (χ0v) is 14.4. The molecule has 3 aromatic carbocycles.